The maximum Gasteiger partial charge on any atom is 0.231 e. The number of likely N-dealkylation sites (N-methyl/N-ethyl adjacent to an activating group) is 1. The van der Waals surface area contributed by atoms with Gasteiger partial charge in [0, 0.05) is 10.9 Å². The maximum atomic E-state index is 10.7. The summed E-state index contributed by atoms with van der Waals surface area (Å²) in [5.74, 6) is -0.286. The molecule has 0 aliphatic heterocycles. The van der Waals surface area contributed by atoms with Gasteiger partial charge in [-0.3, -0.25) is 9.69 Å². The van der Waals surface area contributed by atoms with Crippen LogP contribution >= 0.6 is 11.3 Å². The van der Waals surface area contributed by atoms with Crippen molar-refractivity contribution < 1.29 is 4.79 Å². The van der Waals surface area contributed by atoms with Gasteiger partial charge in [-0.15, -0.1) is 11.3 Å². The highest BCUT2D eigenvalue weighted by Crippen LogP contribution is 2.22. The molecule has 0 aromatic carbocycles. The molecule has 4 heteroatoms. The highest BCUT2D eigenvalue weighted by molar-refractivity contribution is 7.10. The van der Waals surface area contributed by atoms with Gasteiger partial charge in [-0.25, -0.2) is 0 Å². The highest BCUT2D eigenvalue weighted by Gasteiger charge is 2.13. The molecule has 13 heavy (non-hydrogen) atoms. The van der Waals surface area contributed by atoms with Gasteiger partial charge in [0.2, 0.25) is 5.91 Å². The van der Waals surface area contributed by atoms with Crippen molar-refractivity contribution in [2.45, 2.75) is 13.0 Å². The van der Waals surface area contributed by atoms with Crippen molar-refractivity contribution in [1.29, 1.82) is 0 Å². The number of carbonyl (C=O) groups is 1. The number of carbonyl (C=O) groups excluding carboxylic acids is 1. The van der Waals surface area contributed by atoms with Gasteiger partial charge in [0.1, 0.15) is 0 Å². The Kier molecular flexibility index (Phi) is 3.45. The van der Waals surface area contributed by atoms with Crippen molar-refractivity contribution in [2.24, 2.45) is 5.73 Å². The molecule has 0 saturated carbocycles. The van der Waals surface area contributed by atoms with Crippen molar-refractivity contribution in [2.75, 3.05) is 13.6 Å². The Labute approximate surface area is 82.2 Å². The lowest BCUT2D eigenvalue weighted by molar-refractivity contribution is -0.119. The molecule has 1 aromatic heterocycles. The molecule has 0 aliphatic rings. The molecule has 1 aromatic rings. The quantitative estimate of drug-likeness (QED) is 0.791. The van der Waals surface area contributed by atoms with Crippen LogP contribution in [0, 0.1) is 0 Å². The van der Waals surface area contributed by atoms with E-state index in [4.69, 9.17) is 5.73 Å². The number of nitrogens with two attached hydrogens (primary N) is 1. The van der Waals surface area contributed by atoms with Gasteiger partial charge in [0.15, 0.2) is 0 Å². The summed E-state index contributed by atoms with van der Waals surface area (Å²) in [6.07, 6.45) is 0. The predicted molar refractivity (Wildman–Crippen MR) is 54.6 cm³/mol. The monoisotopic (exact) mass is 198 g/mol. The fourth-order valence-corrected chi connectivity index (χ4v) is 1.98. The molecule has 1 rings (SSSR count). The summed E-state index contributed by atoms with van der Waals surface area (Å²) in [6.45, 7) is 2.37. The molecule has 1 atom stereocenters. The van der Waals surface area contributed by atoms with Crippen molar-refractivity contribution >= 4 is 17.2 Å². The van der Waals surface area contributed by atoms with E-state index in [2.05, 4.69) is 13.0 Å². The van der Waals surface area contributed by atoms with Crippen molar-refractivity contribution in [3.05, 3.63) is 22.4 Å². The van der Waals surface area contributed by atoms with E-state index in [1.54, 1.807) is 11.3 Å². The molecule has 0 saturated heterocycles. The van der Waals surface area contributed by atoms with Crippen LogP contribution < -0.4 is 5.73 Å². The van der Waals surface area contributed by atoms with Crippen LogP contribution in [0.25, 0.3) is 0 Å². The van der Waals surface area contributed by atoms with Crippen LogP contribution in [0.5, 0.6) is 0 Å². The zero-order chi connectivity index (χ0) is 9.84. The topological polar surface area (TPSA) is 46.3 Å². The van der Waals surface area contributed by atoms with Crippen LogP contribution in [0.4, 0.5) is 0 Å². The lowest BCUT2D eigenvalue weighted by Crippen LogP contribution is -2.32. The zero-order valence-electron chi connectivity index (χ0n) is 7.86. The van der Waals surface area contributed by atoms with Crippen LogP contribution in [0.3, 0.4) is 0 Å². The SMILES string of the molecule is CC(c1cccs1)N(C)CC(N)=O. The molecule has 3 nitrogen and oxygen atoms in total. The van der Waals surface area contributed by atoms with E-state index < -0.39 is 0 Å². The van der Waals surface area contributed by atoms with Crippen LogP contribution in [0.15, 0.2) is 17.5 Å². The van der Waals surface area contributed by atoms with Crippen LogP contribution in [0.1, 0.15) is 17.8 Å². The molecule has 1 amide bonds. The molecular weight excluding hydrogens is 184 g/mol. The number of hydrogen-bond acceptors (Lipinski definition) is 3. The average molecular weight is 198 g/mol. The first kappa shape index (κ1) is 10.2. The molecule has 0 bridgehead atoms. The lowest BCUT2D eigenvalue weighted by Gasteiger charge is -2.21. The Balaban J connectivity index is 2.57. The Morgan fingerprint density at radius 2 is 2.46 bits per heavy atom. The van der Waals surface area contributed by atoms with Crippen molar-refractivity contribution in [1.82, 2.24) is 4.90 Å². The molecule has 0 radical (unpaired) electrons. The van der Waals surface area contributed by atoms with E-state index in [1.165, 1.54) is 4.88 Å². The van der Waals surface area contributed by atoms with E-state index in [0.717, 1.165) is 0 Å². The third-order valence-electron chi connectivity index (χ3n) is 2.02. The standard InChI is InChI=1S/C9H14N2OS/c1-7(8-4-3-5-13-8)11(2)6-9(10)12/h3-5,7H,6H2,1-2H3,(H2,10,12). The van der Waals surface area contributed by atoms with Gasteiger partial charge in [-0.05, 0) is 25.4 Å². The number of rotatable bonds is 4. The summed E-state index contributed by atoms with van der Waals surface area (Å²) < 4.78 is 0. The Bertz CT molecular complexity index is 271. The van der Waals surface area contributed by atoms with Gasteiger partial charge in [0.25, 0.3) is 0 Å². The molecular formula is C9H14N2OS. The first-order valence-corrected chi connectivity index (χ1v) is 5.01. The van der Waals surface area contributed by atoms with Crippen molar-refractivity contribution in [3.8, 4) is 0 Å². The second-order valence-corrected chi connectivity index (χ2v) is 4.05. The molecule has 1 unspecified atom stereocenters. The van der Waals surface area contributed by atoms with E-state index in [1.807, 2.05) is 23.4 Å². The summed E-state index contributed by atoms with van der Waals surface area (Å²) in [7, 11) is 1.90. The van der Waals surface area contributed by atoms with Crippen LogP contribution in [-0.4, -0.2) is 24.4 Å². The normalized spacial score (nSPS) is 13.2. The smallest absolute Gasteiger partial charge is 0.231 e. The van der Waals surface area contributed by atoms with Crippen molar-refractivity contribution in [3.63, 3.8) is 0 Å². The fraction of sp³-hybridized carbons (Fsp3) is 0.444. The molecule has 0 aliphatic carbocycles. The summed E-state index contributed by atoms with van der Waals surface area (Å²) in [6, 6.07) is 4.33. The number of thiophene rings is 1. The number of amides is 1. The van der Waals surface area contributed by atoms with Gasteiger partial charge in [0.05, 0.1) is 6.54 Å². The van der Waals surface area contributed by atoms with E-state index >= 15 is 0 Å². The van der Waals surface area contributed by atoms with E-state index in [0.29, 0.717) is 6.54 Å². The first-order chi connectivity index (χ1) is 6.11. The number of nitrogens with zero attached hydrogens (tertiary/aromatic N) is 1. The van der Waals surface area contributed by atoms with Gasteiger partial charge >= 0.3 is 0 Å². The fourth-order valence-electron chi connectivity index (χ4n) is 1.13. The predicted octanol–water partition coefficient (Wildman–Crippen LogP) is 1.23. The summed E-state index contributed by atoms with van der Waals surface area (Å²) in [5, 5.41) is 2.03. The third-order valence-corrected chi connectivity index (χ3v) is 3.06. The summed E-state index contributed by atoms with van der Waals surface area (Å²) >= 11 is 1.69. The van der Waals surface area contributed by atoms with Crippen LogP contribution in [0.2, 0.25) is 0 Å². The zero-order valence-corrected chi connectivity index (χ0v) is 8.67. The van der Waals surface area contributed by atoms with E-state index in [-0.39, 0.29) is 11.9 Å². The van der Waals surface area contributed by atoms with Gasteiger partial charge in [-0.1, -0.05) is 6.07 Å². The maximum absolute atomic E-state index is 10.7. The average Bonchev–Trinajstić information content (AvgIpc) is 2.53. The largest absolute Gasteiger partial charge is 0.369 e. The van der Waals surface area contributed by atoms with Crippen LogP contribution in [-0.2, 0) is 4.79 Å². The number of hydrogen-bond donors (Lipinski definition) is 1. The minimum absolute atomic E-state index is 0.257. The Morgan fingerprint density at radius 3 is 2.92 bits per heavy atom. The second kappa shape index (κ2) is 4.39. The minimum Gasteiger partial charge on any atom is -0.369 e. The minimum atomic E-state index is -0.286. The number of primary amides is 1. The molecule has 72 valence electrons. The van der Waals surface area contributed by atoms with Gasteiger partial charge < -0.3 is 5.73 Å². The highest BCUT2D eigenvalue weighted by atomic mass is 32.1. The summed E-state index contributed by atoms with van der Waals surface area (Å²) in [5.41, 5.74) is 5.11. The third kappa shape index (κ3) is 2.82. The second-order valence-electron chi connectivity index (χ2n) is 3.07. The van der Waals surface area contributed by atoms with E-state index in [9.17, 15) is 4.79 Å². The Morgan fingerprint density at radius 1 is 1.77 bits per heavy atom. The Hall–Kier alpha value is -0.870. The first-order valence-electron chi connectivity index (χ1n) is 4.13. The van der Waals surface area contributed by atoms with Gasteiger partial charge in [-0.2, -0.15) is 0 Å². The molecule has 0 fully saturated rings. The summed E-state index contributed by atoms with van der Waals surface area (Å²) in [4.78, 5) is 13.9. The molecule has 2 N–H and O–H groups in total. The molecule has 0 spiro atoms. The molecule has 1 heterocycles. The lowest BCUT2D eigenvalue weighted by atomic mass is 10.2.